The van der Waals surface area contributed by atoms with Crippen molar-refractivity contribution < 1.29 is 14.4 Å². The van der Waals surface area contributed by atoms with Gasteiger partial charge in [0.15, 0.2) is 0 Å². The van der Waals surface area contributed by atoms with Gasteiger partial charge in [-0.05, 0) is 50.5 Å². The zero-order valence-corrected chi connectivity index (χ0v) is 16.6. The number of amides is 3. The third-order valence-electron chi connectivity index (χ3n) is 5.71. The number of hydrogen-bond donors (Lipinski definition) is 1. The first kappa shape index (κ1) is 19.1. The van der Waals surface area contributed by atoms with Crippen molar-refractivity contribution in [2.75, 3.05) is 16.8 Å². The van der Waals surface area contributed by atoms with E-state index in [1.807, 2.05) is 32.0 Å². The van der Waals surface area contributed by atoms with Gasteiger partial charge in [0.1, 0.15) is 11.5 Å². The molecule has 0 unspecified atom stereocenters. The van der Waals surface area contributed by atoms with Crippen molar-refractivity contribution in [3.05, 3.63) is 53.7 Å². The Kier molecular flexibility index (Phi) is 4.82. The molecule has 0 bridgehead atoms. The molecule has 1 aromatic carbocycles. The summed E-state index contributed by atoms with van der Waals surface area (Å²) in [5.41, 5.74) is 1.56. The molecule has 0 saturated carbocycles. The van der Waals surface area contributed by atoms with Gasteiger partial charge in [0, 0.05) is 25.6 Å². The Labute approximate surface area is 169 Å². The molecule has 1 N–H and O–H groups in total. The van der Waals surface area contributed by atoms with Crippen molar-refractivity contribution in [1.82, 2.24) is 9.88 Å². The highest BCUT2D eigenvalue weighted by molar-refractivity contribution is 6.10. The highest BCUT2D eigenvalue weighted by Crippen LogP contribution is 2.43. The van der Waals surface area contributed by atoms with Crippen LogP contribution in [-0.4, -0.2) is 39.8 Å². The molecule has 0 aliphatic carbocycles. The molecule has 3 heterocycles. The summed E-state index contributed by atoms with van der Waals surface area (Å²) in [5.74, 6) is 0.314. The maximum Gasteiger partial charge on any atom is 0.257 e. The SMILES string of the molecule is Cc1ccc(NC(=O)CCCN2C(=O)c3ccccc3N3C(=O)CC[C@@]23C)nc1. The number of nitrogens with one attached hydrogen (secondary N) is 1. The van der Waals surface area contributed by atoms with E-state index in [2.05, 4.69) is 10.3 Å². The number of carbonyl (C=O) groups is 3. The largest absolute Gasteiger partial charge is 0.315 e. The Morgan fingerprint density at radius 3 is 2.76 bits per heavy atom. The lowest BCUT2D eigenvalue weighted by atomic mass is 9.98. The molecule has 7 nitrogen and oxygen atoms in total. The summed E-state index contributed by atoms with van der Waals surface area (Å²) in [6.07, 6.45) is 3.47. The van der Waals surface area contributed by atoms with E-state index in [0.717, 1.165) is 5.56 Å². The lowest BCUT2D eigenvalue weighted by molar-refractivity contribution is -0.118. The van der Waals surface area contributed by atoms with Crippen LogP contribution in [0.4, 0.5) is 11.5 Å². The highest BCUT2D eigenvalue weighted by Gasteiger charge is 2.52. The Bertz CT molecular complexity index is 972. The van der Waals surface area contributed by atoms with Crippen molar-refractivity contribution in [2.24, 2.45) is 0 Å². The zero-order valence-electron chi connectivity index (χ0n) is 16.6. The summed E-state index contributed by atoms with van der Waals surface area (Å²) in [7, 11) is 0. The Morgan fingerprint density at radius 2 is 2.00 bits per heavy atom. The molecule has 29 heavy (non-hydrogen) atoms. The summed E-state index contributed by atoms with van der Waals surface area (Å²) >= 11 is 0. The molecule has 3 amide bonds. The number of anilines is 2. The molecule has 4 rings (SSSR count). The molecule has 2 aliphatic heterocycles. The van der Waals surface area contributed by atoms with Crippen molar-refractivity contribution in [3.63, 3.8) is 0 Å². The lowest BCUT2D eigenvalue weighted by Gasteiger charge is -2.48. The monoisotopic (exact) mass is 392 g/mol. The number of hydrogen-bond acceptors (Lipinski definition) is 4. The van der Waals surface area contributed by atoms with Crippen LogP contribution in [0, 0.1) is 6.92 Å². The fraction of sp³-hybridized carbons (Fsp3) is 0.364. The van der Waals surface area contributed by atoms with Crippen LogP contribution in [0.3, 0.4) is 0 Å². The van der Waals surface area contributed by atoms with E-state index >= 15 is 0 Å². The average Bonchev–Trinajstić information content (AvgIpc) is 3.02. The number of fused-ring (bicyclic) bond motifs is 3. The summed E-state index contributed by atoms with van der Waals surface area (Å²) in [4.78, 5) is 45.6. The van der Waals surface area contributed by atoms with E-state index in [1.54, 1.807) is 34.2 Å². The molecule has 0 radical (unpaired) electrons. The first-order valence-corrected chi connectivity index (χ1v) is 9.87. The molecule has 2 aromatic rings. The van der Waals surface area contributed by atoms with E-state index in [4.69, 9.17) is 0 Å². The minimum absolute atomic E-state index is 0.0284. The zero-order chi connectivity index (χ0) is 20.6. The summed E-state index contributed by atoms with van der Waals surface area (Å²) in [6, 6.07) is 10.9. The number of benzene rings is 1. The summed E-state index contributed by atoms with van der Waals surface area (Å²) in [6.45, 7) is 4.27. The Morgan fingerprint density at radius 1 is 1.21 bits per heavy atom. The van der Waals surface area contributed by atoms with Crippen LogP contribution >= 0.6 is 0 Å². The van der Waals surface area contributed by atoms with Gasteiger partial charge < -0.3 is 10.2 Å². The predicted molar refractivity (Wildman–Crippen MR) is 109 cm³/mol. The second-order valence-electron chi connectivity index (χ2n) is 7.79. The van der Waals surface area contributed by atoms with Crippen LogP contribution in [0.2, 0.25) is 0 Å². The molecule has 2 aliphatic rings. The van der Waals surface area contributed by atoms with Crippen LogP contribution in [0.5, 0.6) is 0 Å². The fourth-order valence-electron chi connectivity index (χ4n) is 4.19. The number of carbonyl (C=O) groups excluding carboxylic acids is 3. The molecule has 0 spiro atoms. The highest BCUT2D eigenvalue weighted by atomic mass is 16.2. The molecular weight excluding hydrogens is 368 g/mol. The molecule has 1 fully saturated rings. The van der Waals surface area contributed by atoms with Gasteiger partial charge in [0.25, 0.3) is 5.91 Å². The molecule has 1 aromatic heterocycles. The van der Waals surface area contributed by atoms with Gasteiger partial charge in [0.2, 0.25) is 11.8 Å². The van der Waals surface area contributed by atoms with Crippen LogP contribution in [0.25, 0.3) is 0 Å². The van der Waals surface area contributed by atoms with Crippen LogP contribution in [0.1, 0.15) is 48.5 Å². The molecule has 7 heteroatoms. The number of pyridine rings is 1. The Balaban J connectivity index is 1.45. The number of rotatable bonds is 5. The minimum atomic E-state index is -0.683. The van der Waals surface area contributed by atoms with Crippen molar-refractivity contribution in [2.45, 2.75) is 45.2 Å². The van der Waals surface area contributed by atoms with Crippen molar-refractivity contribution >= 4 is 29.2 Å². The quantitative estimate of drug-likeness (QED) is 0.848. The van der Waals surface area contributed by atoms with Gasteiger partial charge in [-0.25, -0.2) is 4.98 Å². The minimum Gasteiger partial charge on any atom is -0.315 e. The van der Waals surface area contributed by atoms with E-state index in [1.165, 1.54) is 0 Å². The number of para-hydroxylation sites is 1. The van der Waals surface area contributed by atoms with Crippen LogP contribution in [-0.2, 0) is 9.59 Å². The van der Waals surface area contributed by atoms with Gasteiger partial charge in [-0.3, -0.25) is 19.3 Å². The van der Waals surface area contributed by atoms with Gasteiger partial charge >= 0.3 is 0 Å². The number of aromatic nitrogens is 1. The third-order valence-corrected chi connectivity index (χ3v) is 5.71. The van der Waals surface area contributed by atoms with Crippen molar-refractivity contribution in [1.29, 1.82) is 0 Å². The smallest absolute Gasteiger partial charge is 0.257 e. The molecule has 1 atom stereocenters. The summed E-state index contributed by atoms with van der Waals surface area (Å²) in [5, 5.41) is 2.78. The van der Waals surface area contributed by atoms with Gasteiger partial charge in [-0.2, -0.15) is 0 Å². The first-order chi connectivity index (χ1) is 13.9. The third kappa shape index (κ3) is 3.37. The fourth-order valence-corrected chi connectivity index (χ4v) is 4.19. The maximum absolute atomic E-state index is 13.1. The van der Waals surface area contributed by atoms with E-state index < -0.39 is 5.66 Å². The van der Waals surface area contributed by atoms with Crippen molar-refractivity contribution in [3.8, 4) is 0 Å². The average molecular weight is 392 g/mol. The number of aryl methyl sites for hydroxylation is 1. The molecule has 150 valence electrons. The van der Waals surface area contributed by atoms with Gasteiger partial charge in [0.05, 0.1) is 11.3 Å². The van der Waals surface area contributed by atoms with Crippen LogP contribution < -0.4 is 10.2 Å². The topological polar surface area (TPSA) is 82.6 Å². The van der Waals surface area contributed by atoms with E-state index in [-0.39, 0.29) is 24.1 Å². The van der Waals surface area contributed by atoms with E-state index in [9.17, 15) is 14.4 Å². The van der Waals surface area contributed by atoms with Gasteiger partial charge in [-0.15, -0.1) is 0 Å². The summed E-state index contributed by atoms with van der Waals surface area (Å²) < 4.78 is 0. The number of nitrogens with zero attached hydrogens (tertiary/aromatic N) is 3. The normalized spacial score (nSPS) is 20.5. The second kappa shape index (κ2) is 7.31. The van der Waals surface area contributed by atoms with E-state index in [0.29, 0.717) is 42.9 Å². The lowest BCUT2D eigenvalue weighted by Crippen LogP contribution is -2.62. The predicted octanol–water partition coefficient (Wildman–Crippen LogP) is 3.11. The van der Waals surface area contributed by atoms with Gasteiger partial charge in [-0.1, -0.05) is 18.2 Å². The second-order valence-corrected chi connectivity index (χ2v) is 7.79. The molecule has 1 saturated heterocycles. The Hall–Kier alpha value is -3.22. The maximum atomic E-state index is 13.1. The van der Waals surface area contributed by atoms with Crippen LogP contribution in [0.15, 0.2) is 42.6 Å². The standard InChI is InChI=1S/C22H24N4O3/c1-15-9-10-18(23-14-15)24-19(27)8-5-13-25-21(29)16-6-3-4-7-17(16)26-20(28)11-12-22(25,26)2/h3-4,6-7,9-10,14H,5,8,11-13H2,1-2H3,(H,23,24,27)/t22-/m0/s1. The molecular formula is C22H24N4O3. The first-order valence-electron chi connectivity index (χ1n) is 9.87.